The van der Waals surface area contributed by atoms with Gasteiger partial charge in [-0.15, -0.1) is 0 Å². The summed E-state index contributed by atoms with van der Waals surface area (Å²) >= 11 is 7.75. The third-order valence-corrected chi connectivity index (χ3v) is 4.69. The Morgan fingerprint density at radius 2 is 1.76 bits per heavy atom. The van der Waals surface area contributed by atoms with Gasteiger partial charge in [0.2, 0.25) is 5.91 Å². The van der Waals surface area contributed by atoms with Gasteiger partial charge in [-0.2, -0.15) is 11.8 Å². The Morgan fingerprint density at radius 3 is 2.44 bits per heavy atom. The van der Waals surface area contributed by atoms with E-state index in [0.29, 0.717) is 23.6 Å². The highest BCUT2D eigenvalue weighted by molar-refractivity contribution is 7.98. The molecule has 132 valence electrons. The molecule has 0 radical (unpaired) electrons. The Kier molecular flexibility index (Phi) is 7.82. The Balaban J connectivity index is 1.99. The number of benzene rings is 2. The van der Waals surface area contributed by atoms with E-state index in [-0.39, 0.29) is 11.8 Å². The van der Waals surface area contributed by atoms with Crippen LogP contribution in [0.1, 0.15) is 22.3 Å². The van der Waals surface area contributed by atoms with Crippen LogP contribution in [0, 0.1) is 0 Å². The molecule has 0 bridgehead atoms. The van der Waals surface area contributed by atoms with Crippen molar-refractivity contribution in [3.8, 4) is 0 Å². The van der Waals surface area contributed by atoms with Crippen molar-refractivity contribution in [2.45, 2.75) is 19.0 Å². The van der Waals surface area contributed by atoms with Crippen molar-refractivity contribution in [2.75, 3.05) is 12.0 Å². The number of amides is 2. The number of carbonyl (C=O) groups excluding carboxylic acids is 2. The maximum absolute atomic E-state index is 12.5. The first kappa shape index (κ1) is 19.3. The average molecular weight is 377 g/mol. The molecule has 4 nitrogen and oxygen atoms in total. The topological polar surface area (TPSA) is 58.2 Å². The molecule has 6 heteroatoms. The van der Waals surface area contributed by atoms with Crippen LogP contribution in [0.5, 0.6) is 0 Å². The van der Waals surface area contributed by atoms with Gasteiger partial charge in [-0.1, -0.05) is 48.0 Å². The van der Waals surface area contributed by atoms with Gasteiger partial charge in [-0.3, -0.25) is 9.59 Å². The molecule has 2 N–H and O–H groups in total. The highest BCUT2D eigenvalue weighted by Crippen LogP contribution is 2.14. The summed E-state index contributed by atoms with van der Waals surface area (Å²) in [5.41, 5.74) is 1.38. The molecule has 0 aromatic heterocycles. The lowest BCUT2D eigenvalue weighted by molar-refractivity contribution is -0.123. The first-order valence-corrected chi connectivity index (χ1v) is 9.75. The third kappa shape index (κ3) is 6.11. The SMILES string of the molecule is CSCC[C@@H](NC(=O)c1ccccc1)C(=O)NCc1ccccc1Cl. The number of nitrogens with one attached hydrogen (secondary N) is 2. The van der Waals surface area contributed by atoms with Gasteiger partial charge in [0, 0.05) is 17.1 Å². The second-order valence-corrected chi connectivity index (χ2v) is 6.88. The smallest absolute Gasteiger partial charge is 0.251 e. The zero-order valence-corrected chi connectivity index (χ0v) is 15.6. The molecule has 0 spiro atoms. The summed E-state index contributed by atoms with van der Waals surface area (Å²) in [4.78, 5) is 24.9. The number of carbonyl (C=O) groups is 2. The van der Waals surface area contributed by atoms with Gasteiger partial charge < -0.3 is 10.6 Å². The highest BCUT2D eigenvalue weighted by atomic mass is 35.5. The van der Waals surface area contributed by atoms with Crippen molar-refractivity contribution in [1.82, 2.24) is 10.6 Å². The van der Waals surface area contributed by atoms with Crippen molar-refractivity contribution in [1.29, 1.82) is 0 Å². The van der Waals surface area contributed by atoms with Crippen molar-refractivity contribution < 1.29 is 9.59 Å². The predicted octanol–water partition coefficient (Wildman–Crippen LogP) is 3.51. The van der Waals surface area contributed by atoms with Gasteiger partial charge in [-0.25, -0.2) is 0 Å². The minimum atomic E-state index is -0.581. The maximum Gasteiger partial charge on any atom is 0.251 e. The second-order valence-electron chi connectivity index (χ2n) is 5.48. The maximum atomic E-state index is 12.5. The molecule has 0 fully saturated rings. The fourth-order valence-electron chi connectivity index (χ4n) is 2.28. The van der Waals surface area contributed by atoms with E-state index in [1.165, 1.54) is 0 Å². The summed E-state index contributed by atoms with van der Waals surface area (Å²) in [6.07, 6.45) is 2.53. The normalized spacial score (nSPS) is 11.6. The van der Waals surface area contributed by atoms with Gasteiger partial charge in [-0.05, 0) is 42.2 Å². The summed E-state index contributed by atoms with van der Waals surface area (Å²) in [5.74, 6) is 0.317. The zero-order chi connectivity index (χ0) is 18.1. The number of halogens is 1. The zero-order valence-electron chi connectivity index (χ0n) is 14.0. The summed E-state index contributed by atoms with van der Waals surface area (Å²) in [6, 6.07) is 15.7. The second kappa shape index (κ2) is 10.1. The first-order valence-electron chi connectivity index (χ1n) is 7.97. The molecule has 0 saturated heterocycles. The molecular weight excluding hydrogens is 356 g/mol. The minimum Gasteiger partial charge on any atom is -0.350 e. The van der Waals surface area contributed by atoms with Crippen LogP contribution in [0.25, 0.3) is 0 Å². The van der Waals surface area contributed by atoms with Crippen molar-refractivity contribution >= 4 is 35.2 Å². The van der Waals surface area contributed by atoms with E-state index in [9.17, 15) is 9.59 Å². The Morgan fingerprint density at radius 1 is 1.08 bits per heavy atom. The van der Waals surface area contributed by atoms with Crippen LogP contribution in [0.2, 0.25) is 5.02 Å². The fraction of sp³-hybridized carbons (Fsp3) is 0.263. The molecule has 0 aliphatic rings. The summed E-state index contributed by atoms with van der Waals surface area (Å²) in [6.45, 7) is 0.329. The molecule has 2 aromatic rings. The van der Waals surface area contributed by atoms with Crippen molar-refractivity contribution in [2.24, 2.45) is 0 Å². The quantitative estimate of drug-likeness (QED) is 0.741. The van der Waals surface area contributed by atoms with Crippen LogP contribution < -0.4 is 10.6 Å². The minimum absolute atomic E-state index is 0.210. The van der Waals surface area contributed by atoms with Crippen LogP contribution >= 0.6 is 23.4 Å². The summed E-state index contributed by atoms with van der Waals surface area (Å²) in [7, 11) is 0. The molecule has 0 aliphatic heterocycles. The van der Waals surface area contributed by atoms with Gasteiger partial charge in [0.25, 0.3) is 5.91 Å². The largest absolute Gasteiger partial charge is 0.350 e. The predicted molar refractivity (Wildman–Crippen MR) is 104 cm³/mol. The van der Waals surface area contributed by atoms with E-state index in [1.54, 1.807) is 42.1 Å². The Bertz CT molecular complexity index is 710. The lowest BCUT2D eigenvalue weighted by atomic mass is 10.1. The molecule has 0 saturated carbocycles. The lowest BCUT2D eigenvalue weighted by Crippen LogP contribution is -2.46. The number of rotatable bonds is 8. The molecular formula is C19H21ClN2O2S. The number of hydrogen-bond acceptors (Lipinski definition) is 3. The Labute approximate surface area is 157 Å². The first-order chi connectivity index (χ1) is 12.1. The van der Waals surface area contributed by atoms with Crippen molar-refractivity contribution in [3.05, 3.63) is 70.7 Å². The van der Waals surface area contributed by atoms with Crippen LogP contribution in [-0.2, 0) is 11.3 Å². The van der Waals surface area contributed by atoms with Gasteiger partial charge >= 0.3 is 0 Å². The molecule has 0 heterocycles. The monoisotopic (exact) mass is 376 g/mol. The fourth-order valence-corrected chi connectivity index (χ4v) is 2.96. The lowest BCUT2D eigenvalue weighted by Gasteiger charge is -2.18. The molecule has 2 amide bonds. The summed E-state index contributed by atoms with van der Waals surface area (Å²) < 4.78 is 0. The molecule has 2 aromatic carbocycles. The number of hydrogen-bond donors (Lipinski definition) is 2. The molecule has 0 unspecified atom stereocenters. The average Bonchev–Trinajstić information content (AvgIpc) is 2.64. The Hall–Kier alpha value is -1.98. The van der Waals surface area contributed by atoms with E-state index in [0.717, 1.165) is 11.3 Å². The molecule has 0 aliphatic carbocycles. The van der Waals surface area contributed by atoms with Crippen molar-refractivity contribution in [3.63, 3.8) is 0 Å². The van der Waals surface area contributed by atoms with Gasteiger partial charge in [0.05, 0.1) is 0 Å². The third-order valence-electron chi connectivity index (χ3n) is 3.68. The van der Waals surface area contributed by atoms with Gasteiger partial charge in [0.15, 0.2) is 0 Å². The van der Waals surface area contributed by atoms with E-state index >= 15 is 0 Å². The highest BCUT2D eigenvalue weighted by Gasteiger charge is 2.21. The van der Waals surface area contributed by atoms with Crippen LogP contribution in [-0.4, -0.2) is 29.9 Å². The van der Waals surface area contributed by atoms with E-state index in [2.05, 4.69) is 10.6 Å². The molecule has 1 atom stereocenters. The van der Waals surface area contributed by atoms with Crippen LogP contribution in [0.4, 0.5) is 0 Å². The van der Waals surface area contributed by atoms with E-state index < -0.39 is 6.04 Å². The van der Waals surface area contributed by atoms with E-state index in [1.807, 2.05) is 30.5 Å². The van der Waals surface area contributed by atoms with Gasteiger partial charge in [0.1, 0.15) is 6.04 Å². The molecule has 25 heavy (non-hydrogen) atoms. The molecule has 2 rings (SSSR count). The van der Waals surface area contributed by atoms with Crippen LogP contribution in [0.15, 0.2) is 54.6 Å². The van der Waals surface area contributed by atoms with E-state index in [4.69, 9.17) is 11.6 Å². The number of thioether (sulfide) groups is 1. The standard InChI is InChI=1S/C19H21ClN2O2S/c1-25-12-11-17(22-18(23)14-7-3-2-4-8-14)19(24)21-13-15-9-5-6-10-16(15)20/h2-10,17H,11-13H2,1H3,(H,21,24)(H,22,23)/t17-/m1/s1. The van der Waals surface area contributed by atoms with Crippen LogP contribution in [0.3, 0.4) is 0 Å². The summed E-state index contributed by atoms with van der Waals surface area (Å²) in [5, 5.41) is 6.29.